The van der Waals surface area contributed by atoms with Gasteiger partial charge >= 0.3 is 0 Å². The Morgan fingerprint density at radius 2 is 1.82 bits per heavy atom. The van der Waals surface area contributed by atoms with Crippen LogP contribution in [0.4, 0.5) is 0 Å². The first-order chi connectivity index (χ1) is 10.4. The summed E-state index contributed by atoms with van der Waals surface area (Å²) in [5, 5.41) is 0. The Labute approximate surface area is 135 Å². The Morgan fingerprint density at radius 1 is 1.09 bits per heavy atom. The van der Waals surface area contributed by atoms with Crippen LogP contribution in [0.25, 0.3) is 0 Å². The molecule has 0 amide bonds. The van der Waals surface area contributed by atoms with Gasteiger partial charge in [0.05, 0.1) is 24.4 Å². The fraction of sp³-hybridized carbons (Fsp3) is 1.00. The molecule has 0 saturated carbocycles. The fourth-order valence-electron chi connectivity index (χ4n) is 3.93. The highest BCUT2D eigenvalue weighted by molar-refractivity contribution is 4.88. The summed E-state index contributed by atoms with van der Waals surface area (Å²) in [6.45, 7) is 10.8. The summed E-state index contributed by atoms with van der Waals surface area (Å²) < 4.78 is 24.6. The van der Waals surface area contributed by atoms with Crippen molar-refractivity contribution in [1.82, 2.24) is 0 Å². The zero-order valence-corrected chi connectivity index (χ0v) is 15.1. The van der Waals surface area contributed by atoms with Crippen LogP contribution in [0.3, 0.4) is 0 Å². The minimum Gasteiger partial charge on any atom is -0.379 e. The zero-order chi connectivity index (χ0) is 16.3. The van der Waals surface area contributed by atoms with Crippen LogP contribution in [0, 0.1) is 5.92 Å². The molecule has 0 spiro atoms. The van der Waals surface area contributed by atoms with Gasteiger partial charge in [0.25, 0.3) is 0 Å². The van der Waals surface area contributed by atoms with Crippen molar-refractivity contribution in [3.63, 3.8) is 0 Å². The van der Waals surface area contributed by atoms with Crippen LogP contribution < -0.4 is 0 Å². The molecule has 2 heterocycles. The lowest BCUT2D eigenvalue weighted by atomic mass is 9.94. The van der Waals surface area contributed by atoms with Crippen LogP contribution in [0.1, 0.15) is 66.7 Å². The average Bonchev–Trinajstić information content (AvgIpc) is 2.61. The molecule has 0 aliphatic carbocycles. The maximum Gasteiger partial charge on any atom is 0.169 e. The summed E-state index contributed by atoms with van der Waals surface area (Å²) in [5.41, 5.74) is 0. The predicted octanol–water partition coefficient (Wildman–Crippen LogP) is 3.92. The highest BCUT2D eigenvalue weighted by Gasteiger charge is 2.44. The number of hydrogen-bond acceptors (Lipinski definition) is 4. The van der Waals surface area contributed by atoms with Crippen LogP contribution >= 0.6 is 0 Å². The van der Waals surface area contributed by atoms with Crippen molar-refractivity contribution >= 4 is 0 Å². The van der Waals surface area contributed by atoms with Crippen molar-refractivity contribution in [1.29, 1.82) is 0 Å². The van der Waals surface area contributed by atoms with E-state index in [1.54, 1.807) is 7.11 Å². The lowest BCUT2D eigenvalue weighted by Crippen LogP contribution is -2.54. The van der Waals surface area contributed by atoms with E-state index in [1.807, 2.05) is 0 Å². The third-order valence-corrected chi connectivity index (χ3v) is 5.17. The lowest BCUT2D eigenvalue weighted by Gasteiger charge is -2.45. The molecule has 0 aromatic heterocycles. The SMILES string of the molecule is CCC1(OC2C(C)OC(C)CC2OC)CC(C)CCC(C)O1. The van der Waals surface area contributed by atoms with E-state index in [0.29, 0.717) is 5.92 Å². The summed E-state index contributed by atoms with van der Waals surface area (Å²) in [4.78, 5) is 0. The number of rotatable bonds is 4. The summed E-state index contributed by atoms with van der Waals surface area (Å²) in [6, 6.07) is 0. The van der Waals surface area contributed by atoms with Crippen molar-refractivity contribution in [3.05, 3.63) is 0 Å². The van der Waals surface area contributed by atoms with Gasteiger partial charge in [-0.15, -0.1) is 0 Å². The molecule has 4 nitrogen and oxygen atoms in total. The first-order valence-electron chi connectivity index (χ1n) is 8.93. The lowest BCUT2D eigenvalue weighted by molar-refractivity contribution is -0.318. The van der Waals surface area contributed by atoms with E-state index in [2.05, 4.69) is 34.6 Å². The highest BCUT2D eigenvalue weighted by atomic mass is 16.7. The third kappa shape index (κ3) is 4.22. The molecule has 2 aliphatic heterocycles. The van der Waals surface area contributed by atoms with Crippen molar-refractivity contribution < 1.29 is 18.9 Å². The Bertz CT molecular complexity index is 334. The quantitative estimate of drug-likeness (QED) is 0.788. The molecule has 7 unspecified atom stereocenters. The fourth-order valence-corrected chi connectivity index (χ4v) is 3.93. The van der Waals surface area contributed by atoms with Gasteiger partial charge in [0.2, 0.25) is 0 Å². The molecular formula is C18H34O4. The third-order valence-electron chi connectivity index (χ3n) is 5.17. The molecule has 0 radical (unpaired) electrons. The molecule has 22 heavy (non-hydrogen) atoms. The standard InChI is InChI=1S/C18H34O4/c1-7-18(11-12(2)8-9-13(3)21-18)22-17-15(5)20-14(4)10-16(17)19-6/h12-17H,7-11H2,1-6H3. The van der Waals surface area contributed by atoms with E-state index in [4.69, 9.17) is 18.9 Å². The summed E-state index contributed by atoms with van der Waals surface area (Å²) >= 11 is 0. The normalized spacial score (nSPS) is 47.2. The summed E-state index contributed by atoms with van der Waals surface area (Å²) in [7, 11) is 1.77. The second-order valence-corrected chi connectivity index (χ2v) is 7.32. The molecule has 2 aliphatic rings. The van der Waals surface area contributed by atoms with Crippen LogP contribution in [-0.2, 0) is 18.9 Å². The molecule has 2 saturated heterocycles. The van der Waals surface area contributed by atoms with Gasteiger partial charge in [-0.05, 0) is 46.0 Å². The van der Waals surface area contributed by atoms with E-state index >= 15 is 0 Å². The highest BCUT2D eigenvalue weighted by Crippen LogP contribution is 2.38. The van der Waals surface area contributed by atoms with E-state index in [-0.39, 0.29) is 30.5 Å². The molecule has 0 N–H and O–H groups in total. The smallest absolute Gasteiger partial charge is 0.169 e. The maximum atomic E-state index is 6.58. The van der Waals surface area contributed by atoms with Gasteiger partial charge in [-0.1, -0.05) is 13.8 Å². The number of ether oxygens (including phenoxy) is 4. The molecule has 0 bridgehead atoms. The predicted molar refractivity (Wildman–Crippen MR) is 86.9 cm³/mol. The van der Waals surface area contributed by atoms with Crippen molar-refractivity contribution in [3.8, 4) is 0 Å². The minimum absolute atomic E-state index is 0.0228. The van der Waals surface area contributed by atoms with E-state index in [9.17, 15) is 0 Å². The monoisotopic (exact) mass is 314 g/mol. The molecule has 2 fully saturated rings. The van der Waals surface area contributed by atoms with Crippen molar-refractivity contribution in [2.75, 3.05) is 7.11 Å². The summed E-state index contributed by atoms with van der Waals surface area (Å²) in [5.74, 6) is 0.110. The number of methoxy groups -OCH3 is 1. The Balaban J connectivity index is 2.15. The summed E-state index contributed by atoms with van der Waals surface area (Å²) in [6.07, 6.45) is 5.46. The molecule has 130 valence electrons. The van der Waals surface area contributed by atoms with Crippen LogP contribution in [0.2, 0.25) is 0 Å². The Morgan fingerprint density at radius 3 is 2.45 bits per heavy atom. The Hall–Kier alpha value is -0.160. The van der Waals surface area contributed by atoms with Crippen LogP contribution in [0.5, 0.6) is 0 Å². The largest absolute Gasteiger partial charge is 0.379 e. The molecule has 0 aromatic rings. The van der Waals surface area contributed by atoms with Gasteiger partial charge in [-0.3, -0.25) is 0 Å². The molecule has 4 heteroatoms. The maximum absolute atomic E-state index is 6.58. The first-order valence-corrected chi connectivity index (χ1v) is 8.93. The van der Waals surface area contributed by atoms with E-state index in [0.717, 1.165) is 25.7 Å². The van der Waals surface area contributed by atoms with Crippen molar-refractivity contribution in [2.45, 2.75) is 103 Å². The average molecular weight is 314 g/mol. The van der Waals surface area contributed by atoms with Gasteiger partial charge in [-0.2, -0.15) is 0 Å². The van der Waals surface area contributed by atoms with E-state index < -0.39 is 5.79 Å². The van der Waals surface area contributed by atoms with Gasteiger partial charge in [0.15, 0.2) is 5.79 Å². The Kier molecular flexibility index (Phi) is 6.29. The van der Waals surface area contributed by atoms with E-state index in [1.165, 1.54) is 6.42 Å². The van der Waals surface area contributed by atoms with Gasteiger partial charge in [-0.25, -0.2) is 0 Å². The molecule has 7 atom stereocenters. The second kappa shape index (κ2) is 7.61. The van der Waals surface area contributed by atoms with Gasteiger partial charge in [0.1, 0.15) is 6.10 Å². The molecule has 0 aromatic carbocycles. The molecule has 2 rings (SSSR count). The van der Waals surface area contributed by atoms with Gasteiger partial charge in [0, 0.05) is 20.0 Å². The topological polar surface area (TPSA) is 36.9 Å². The second-order valence-electron chi connectivity index (χ2n) is 7.32. The van der Waals surface area contributed by atoms with Gasteiger partial charge < -0.3 is 18.9 Å². The van der Waals surface area contributed by atoms with Crippen LogP contribution in [0.15, 0.2) is 0 Å². The van der Waals surface area contributed by atoms with Crippen LogP contribution in [-0.4, -0.2) is 43.4 Å². The first kappa shape index (κ1) is 18.2. The zero-order valence-electron chi connectivity index (χ0n) is 15.1. The number of hydrogen-bond donors (Lipinski definition) is 0. The van der Waals surface area contributed by atoms with Crippen molar-refractivity contribution in [2.24, 2.45) is 5.92 Å². The molecular weight excluding hydrogens is 280 g/mol. The minimum atomic E-state index is -0.505.